The summed E-state index contributed by atoms with van der Waals surface area (Å²) in [7, 11) is 1.70. The molecule has 0 fully saturated rings. The van der Waals surface area contributed by atoms with Crippen LogP contribution in [0.25, 0.3) is 11.0 Å². The van der Waals surface area contributed by atoms with Crippen LogP contribution in [-0.2, 0) is 18.4 Å². The third-order valence-corrected chi connectivity index (χ3v) is 3.81. The topological polar surface area (TPSA) is 77.0 Å². The number of nitrogens with zero attached hydrogens (tertiary/aromatic N) is 3. The lowest BCUT2D eigenvalue weighted by atomic mass is 10.2. The number of nitriles is 1. The van der Waals surface area contributed by atoms with Crippen molar-refractivity contribution in [2.75, 3.05) is 0 Å². The highest BCUT2D eigenvalue weighted by atomic mass is 16.5. The van der Waals surface area contributed by atoms with Crippen LogP contribution in [0.1, 0.15) is 12.0 Å². The number of aryl methyl sites for hydroxylation is 2. The molecule has 24 heavy (non-hydrogen) atoms. The van der Waals surface area contributed by atoms with Gasteiger partial charge in [-0.15, -0.1) is 0 Å². The lowest BCUT2D eigenvalue weighted by molar-refractivity contribution is -0.134. The highest BCUT2D eigenvalue weighted by molar-refractivity contribution is 5.76. The third kappa shape index (κ3) is 2.92. The second-order valence-corrected chi connectivity index (χ2v) is 5.34. The van der Waals surface area contributed by atoms with Crippen LogP contribution >= 0.6 is 0 Å². The van der Waals surface area contributed by atoms with E-state index in [2.05, 4.69) is 0 Å². The molecule has 0 N–H and O–H groups in total. The van der Waals surface area contributed by atoms with Crippen LogP contribution in [0.15, 0.2) is 53.3 Å². The number of esters is 1. The highest BCUT2D eigenvalue weighted by Gasteiger charge is 2.12. The van der Waals surface area contributed by atoms with E-state index in [-0.39, 0.29) is 18.7 Å². The third-order valence-electron chi connectivity index (χ3n) is 3.81. The van der Waals surface area contributed by atoms with E-state index in [4.69, 9.17) is 10.00 Å². The molecule has 0 aliphatic heterocycles. The van der Waals surface area contributed by atoms with Gasteiger partial charge in [0.1, 0.15) is 5.75 Å². The minimum absolute atomic E-state index is 0.0773. The molecule has 0 saturated heterocycles. The van der Waals surface area contributed by atoms with Gasteiger partial charge in [-0.3, -0.25) is 13.9 Å². The number of para-hydroxylation sites is 2. The van der Waals surface area contributed by atoms with Crippen molar-refractivity contribution >= 4 is 17.0 Å². The van der Waals surface area contributed by atoms with Crippen LogP contribution in [0.3, 0.4) is 0 Å². The van der Waals surface area contributed by atoms with E-state index >= 15 is 0 Å². The molecule has 0 aliphatic rings. The Hall–Kier alpha value is -3.33. The first-order chi connectivity index (χ1) is 11.6. The summed E-state index contributed by atoms with van der Waals surface area (Å²) in [5, 5.41) is 8.74. The lowest BCUT2D eigenvalue weighted by Gasteiger charge is -2.05. The molecule has 6 heteroatoms. The minimum Gasteiger partial charge on any atom is -0.426 e. The number of hydrogen-bond acceptors (Lipinski definition) is 4. The van der Waals surface area contributed by atoms with E-state index < -0.39 is 5.97 Å². The Bertz CT molecular complexity index is 991. The SMILES string of the molecule is Cn1c(=O)n(CCC(=O)Oc2ccc(C#N)cc2)c2ccccc21. The molecule has 2 aromatic carbocycles. The Morgan fingerprint density at radius 1 is 1.12 bits per heavy atom. The fraction of sp³-hybridized carbons (Fsp3) is 0.167. The van der Waals surface area contributed by atoms with Crippen molar-refractivity contribution in [3.63, 3.8) is 0 Å². The van der Waals surface area contributed by atoms with E-state index in [9.17, 15) is 9.59 Å². The summed E-state index contributed by atoms with van der Waals surface area (Å²) in [6.45, 7) is 0.245. The molecule has 0 atom stereocenters. The maximum absolute atomic E-state index is 12.3. The predicted molar refractivity (Wildman–Crippen MR) is 88.6 cm³/mol. The number of aromatic nitrogens is 2. The van der Waals surface area contributed by atoms with Crippen molar-refractivity contribution in [1.29, 1.82) is 5.26 Å². The Morgan fingerprint density at radius 3 is 2.46 bits per heavy atom. The van der Waals surface area contributed by atoms with Gasteiger partial charge in [0.25, 0.3) is 0 Å². The molecular formula is C18H15N3O3. The Labute approximate surface area is 138 Å². The van der Waals surface area contributed by atoms with Crippen molar-refractivity contribution in [3.8, 4) is 11.8 Å². The zero-order valence-corrected chi connectivity index (χ0v) is 13.1. The van der Waals surface area contributed by atoms with Crippen molar-refractivity contribution < 1.29 is 9.53 Å². The maximum Gasteiger partial charge on any atom is 0.328 e. The van der Waals surface area contributed by atoms with Gasteiger partial charge in [-0.05, 0) is 36.4 Å². The number of benzene rings is 2. The summed E-state index contributed by atoms with van der Waals surface area (Å²) in [5.74, 6) is -0.0520. The molecular weight excluding hydrogens is 306 g/mol. The number of ether oxygens (including phenoxy) is 1. The quantitative estimate of drug-likeness (QED) is 0.545. The largest absolute Gasteiger partial charge is 0.426 e. The Kier molecular flexibility index (Phi) is 4.17. The normalized spacial score (nSPS) is 10.5. The van der Waals surface area contributed by atoms with Gasteiger partial charge in [-0.1, -0.05) is 12.1 Å². The summed E-state index contributed by atoms with van der Waals surface area (Å²) < 4.78 is 8.35. The van der Waals surface area contributed by atoms with E-state index in [1.165, 1.54) is 0 Å². The molecule has 6 nitrogen and oxygen atoms in total. The average Bonchev–Trinajstić information content (AvgIpc) is 2.85. The Morgan fingerprint density at radius 2 is 1.79 bits per heavy atom. The smallest absolute Gasteiger partial charge is 0.328 e. The maximum atomic E-state index is 12.3. The summed E-state index contributed by atoms with van der Waals surface area (Å²) in [5.41, 5.74) is 1.94. The van der Waals surface area contributed by atoms with Gasteiger partial charge in [-0.25, -0.2) is 4.79 Å². The number of rotatable bonds is 4. The van der Waals surface area contributed by atoms with Crippen LogP contribution < -0.4 is 10.4 Å². The van der Waals surface area contributed by atoms with Gasteiger partial charge in [0, 0.05) is 13.6 Å². The molecule has 1 aromatic heterocycles. The monoisotopic (exact) mass is 321 g/mol. The van der Waals surface area contributed by atoms with Gasteiger partial charge in [-0.2, -0.15) is 5.26 Å². The highest BCUT2D eigenvalue weighted by Crippen LogP contribution is 2.14. The van der Waals surface area contributed by atoms with E-state index in [1.807, 2.05) is 30.3 Å². The molecule has 1 heterocycles. The fourth-order valence-corrected chi connectivity index (χ4v) is 2.56. The zero-order chi connectivity index (χ0) is 17.1. The van der Waals surface area contributed by atoms with E-state index in [0.29, 0.717) is 11.3 Å². The van der Waals surface area contributed by atoms with Crippen molar-refractivity contribution in [1.82, 2.24) is 9.13 Å². The summed E-state index contributed by atoms with van der Waals surface area (Å²) >= 11 is 0. The molecule has 0 spiro atoms. The minimum atomic E-state index is -0.431. The molecule has 0 saturated carbocycles. The molecule has 3 rings (SSSR count). The summed E-state index contributed by atoms with van der Waals surface area (Å²) in [6.07, 6.45) is 0.0773. The molecule has 0 unspecified atom stereocenters. The summed E-state index contributed by atoms with van der Waals surface area (Å²) in [6, 6.07) is 15.7. The first-order valence-corrected chi connectivity index (χ1v) is 7.45. The summed E-state index contributed by atoms with van der Waals surface area (Å²) in [4.78, 5) is 24.3. The van der Waals surface area contributed by atoms with Gasteiger partial charge < -0.3 is 4.74 Å². The number of hydrogen-bond donors (Lipinski definition) is 0. The van der Waals surface area contributed by atoms with Gasteiger partial charge >= 0.3 is 11.7 Å². The first-order valence-electron chi connectivity index (χ1n) is 7.45. The number of fused-ring (bicyclic) bond motifs is 1. The lowest BCUT2D eigenvalue weighted by Crippen LogP contribution is -2.24. The van der Waals surface area contributed by atoms with Crippen LogP contribution in [0, 0.1) is 11.3 Å². The number of imidazole rings is 1. The van der Waals surface area contributed by atoms with Crippen molar-refractivity contribution in [3.05, 3.63) is 64.6 Å². The van der Waals surface area contributed by atoms with E-state index in [1.54, 1.807) is 40.4 Å². The molecule has 0 aliphatic carbocycles. The van der Waals surface area contributed by atoms with Crippen molar-refractivity contribution in [2.24, 2.45) is 7.05 Å². The van der Waals surface area contributed by atoms with Crippen LogP contribution in [-0.4, -0.2) is 15.1 Å². The van der Waals surface area contributed by atoms with Crippen molar-refractivity contribution in [2.45, 2.75) is 13.0 Å². The predicted octanol–water partition coefficient (Wildman–Crippen LogP) is 2.21. The molecule has 0 bridgehead atoms. The second-order valence-electron chi connectivity index (χ2n) is 5.34. The van der Waals surface area contributed by atoms with Gasteiger partial charge in [0.05, 0.1) is 29.1 Å². The Balaban J connectivity index is 1.72. The molecule has 120 valence electrons. The first kappa shape index (κ1) is 15.6. The standard InChI is InChI=1S/C18H15N3O3/c1-20-15-4-2-3-5-16(15)21(18(20)23)11-10-17(22)24-14-8-6-13(12-19)7-9-14/h2-9H,10-11H2,1H3. The molecule has 0 radical (unpaired) electrons. The second kappa shape index (κ2) is 6.42. The molecule has 0 amide bonds. The fourth-order valence-electron chi connectivity index (χ4n) is 2.56. The zero-order valence-electron chi connectivity index (χ0n) is 13.1. The number of carbonyl (C=O) groups is 1. The van der Waals surface area contributed by atoms with Gasteiger partial charge in [0.2, 0.25) is 0 Å². The van der Waals surface area contributed by atoms with Crippen LogP contribution in [0.4, 0.5) is 0 Å². The average molecular weight is 321 g/mol. The van der Waals surface area contributed by atoms with E-state index in [0.717, 1.165) is 11.0 Å². The van der Waals surface area contributed by atoms with Gasteiger partial charge in [0.15, 0.2) is 0 Å². The van der Waals surface area contributed by atoms with Crippen LogP contribution in [0.2, 0.25) is 0 Å². The number of carbonyl (C=O) groups excluding carboxylic acids is 1. The molecule has 3 aromatic rings. The van der Waals surface area contributed by atoms with Crippen LogP contribution in [0.5, 0.6) is 5.75 Å².